The molecule has 6 saturated carbocycles. The molecule has 8 atom stereocenters. The van der Waals surface area contributed by atoms with Gasteiger partial charge >= 0.3 is 71.6 Å². The molecule has 116 heavy (non-hydrogen) atoms. The van der Waals surface area contributed by atoms with E-state index in [4.69, 9.17) is 75.8 Å². The number of rotatable bonds is 53. The number of ether oxygens (including phenoxy) is 16. The fourth-order valence-corrected chi connectivity index (χ4v) is 15.7. The normalized spacial score (nSPS) is 25.2. The molecule has 6 aliphatic carbocycles. The Kier molecular flexibility index (Phi) is 46.3. The molecule has 0 radical (unpaired) electrons. The Labute approximate surface area is 685 Å². The Hall–Kier alpha value is -7.56. The zero-order valence-corrected chi connectivity index (χ0v) is 69.5. The van der Waals surface area contributed by atoms with Crippen molar-refractivity contribution < 1.29 is 133 Å². The van der Waals surface area contributed by atoms with Crippen molar-refractivity contribution in [3.63, 3.8) is 0 Å². The van der Waals surface area contributed by atoms with E-state index in [-0.39, 0.29) is 62.9 Å². The van der Waals surface area contributed by atoms with Gasteiger partial charge in [-0.25, -0.2) is 28.8 Å². The van der Waals surface area contributed by atoms with Crippen molar-refractivity contribution in [3.05, 3.63) is 50.6 Å². The number of carbonyl (C=O) groups is 12. The van der Waals surface area contributed by atoms with E-state index >= 15 is 9.59 Å². The Bertz CT molecular complexity index is 2860. The third kappa shape index (κ3) is 37.2. The molecule has 28 heteroatoms. The summed E-state index contributed by atoms with van der Waals surface area (Å²) in [6.45, 7) is 23.1. The van der Waals surface area contributed by atoms with Crippen LogP contribution in [0, 0.1) is 35.5 Å². The second kappa shape index (κ2) is 55.2. The molecule has 0 aromatic carbocycles. The largest absolute Gasteiger partial charge is 0.463 e. The van der Waals surface area contributed by atoms with Gasteiger partial charge in [0.1, 0.15) is 24.4 Å². The topological polar surface area (TPSA) is 353 Å². The Morgan fingerprint density at radius 3 is 0.724 bits per heavy atom. The summed E-state index contributed by atoms with van der Waals surface area (Å²) in [5.41, 5.74) is 0. The van der Waals surface area contributed by atoms with E-state index in [9.17, 15) is 47.9 Å². The van der Waals surface area contributed by atoms with E-state index < -0.39 is 156 Å². The molecular weight excluding hydrogens is 1500 g/mol. The number of carbonyl (C=O) groups excluding carboxylic acids is 12. The predicted molar refractivity (Wildman–Crippen MR) is 422 cm³/mol. The highest BCUT2D eigenvalue weighted by Crippen LogP contribution is 2.39. The SMILES string of the molecule is C=CC(=O)OCCCCCCOC1CCC(C(=O)OC2CCC(OC(=O)C3CCC(OCCCCCCOC(=O)C=C)CC3)C(C(=O)OC(C(=O)OC(C)C)C(OC(=O)C3CC(OC(=O)C4CCC(OCCCCCCOC(=O)C=C)CC4)CCC3OC(=O)C3CCC(OCCCCCCOC(=O)C=C)CC3)C(=O)OC(C)C)C2)CC1. The lowest BCUT2D eigenvalue weighted by atomic mass is 9.83. The molecule has 0 saturated heterocycles. The van der Waals surface area contributed by atoms with Crippen LogP contribution in [0.1, 0.15) is 272 Å². The van der Waals surface area contributed by atoms with Gasteiger partial charge in [0.15, 0.2) is 0 Å². The van der Waals surface area contributed by atoms with Crippen LogP contribution in [0.25, 0.3) is 0 Å². The molecule has 0 bridgehead atoms. The Morgan fingerprint density at radius 2 is 0.491 bits per heavy atom. The standard InChI is InChI=1S/C88H134O28/c1-9-75(89)105-53-25-17-13-21-49-101-65-37-29-61(30-38-65)81(93)111-69-45-47-73(113-83(95)63-33-41-67(42-34-63)103-51-23-15-19-27-55-107-77(91)11-3)71(57-69)85(97)115-79(87(99)109-59(5)6)80(88(100)110-60(7)8)116-86(98)72-58-70(112-82(94)62-31-39-66(40-32-62)102-50-22-14-18-26-54-106-76(90)10-2)46-48-74(72)114-84(96)64-35-43-68(44-36-64)104-52-24-16-20-28-56-108-78(92)12-4/h9-12,59-74,79-80H,1-4,13-58H2,5-8H3. The summed E-state index contributed by atoms with van der Waals surface area (Å²) in [5, 5.41) is 0. The van der Waals surface area contributed by atoms with Gasteiger partial charge in [0.25, 0.3) is 0 Å². The molecule has 0 aromatic heterocycles. The molecule has 6 aliphatic rings. The van der Waals surface area contributed by atoms with Crippen molar-refractivity contribution >= 4 is 71.6 Å². The summed E-state index contributed by atoms with van der Waals surface area (Å²) in [7, 11) is 0. The van der Waals surface area contributed by atoms with E-state index in [1.54, 1.807) is 0 Å². The third-order valence-corrected chi connectivity index (χ3v) is 22.4. The van der Waals surface area contributed by atoms with Crippen LogP contribution >= 0.6 is 0 Å². The van der Waals surface area contributed by atoms with Gasteiger partial charge in [-0.2, -0.15) is 0 Å². The summed E-state index contributed by atoms with van der Waals surface area (Å²) in [4.78, 5) is 163. The minimum Gasteiger partial charge on any atom is -0.463 e. The molecule has 0 N–H and O–H groups in total. The van der Waals surface area contributed by atoms with E-state index in [1.807, 2.05) is 0 Å². The summed E-state index contributed by atoms with van der Waals surface area (Å²) in [5.74, 6) is -13.7. The van der Waals surface area contributed by atoms with Crippen LogP contribution in [0.2, 0.25) is 0 Å². The zero-order chi connectivity index (χ0) is 84.0. The first-order valence-electron chi connectivity index (χ1n) is 43.2. The molecule has 0 aromatic rings. The van der Waals surface area contributed by atoms with Crippen LogP contribution in [0.15, 0.2) is 50.6 Å². The molecule has 654 valence electrons. The summed E-state index contributed by atoms with van der Waals surface area (Å²) in [6.07, 6.45) is 15.1. The van der Waals surface area contributed by atoms with Crippen molar-refractivity contribution in [1.29, 1.82) is 0 Å². The lowest BCUT2D eigenvalue weighted by Crippen LogP contribution is -2.52. The number of hydrogen-bond acceptors (Lipinski definition) is 28. The molecular formula is C88H134O28. The van der Waals surface area contributed by atoms with Crippen LogP contribution in [-0.4, -0.2) is 198 Å². The second-order valence-corrected chi connectivity index (χ2v) is 32.1. The van der Waals surface area contributed by atoms with E-state index in [1.165, 1.54) is 27.7 Å². The quantitative estimate of drug-likeness (QED) is 0.0236. The fraction of sp³-hybridized carbons (Fsp3) is 0.773. The third-order valence-electron chi connectivity index (χ3n) is 22.4. The minimum atomic E-state index is -2.35. The average Bonchev–Trinajstić information content (AvgIpc) is 0.804. The summed E-state index contributed by atoms with van der Waals surface area (Å²) >= 11 is 0. The monoisotopic (exact) mass is 1640 g/mol. The van der Waals surface area contributed by atoms with Gasteiger partial charge in [0.2, 0.25) is 12.2 Å². The zero-order valence-electron chi connectivity index (χ0n) is 69.5. The molecule has 0 amide bonds. The minimum absolute atomic E-state index is 0.0219. The molecule has 0 heterocycles. The maximum Gasteiger partial charge on any atom is 0.352 e. The lowest BCUT2D eigenvalue weighted by molar-refractivity contribution is -0.204. The molecule has 0 spiro atoms. The maximum atomic E-state index is 15.4. The molecule has 8 unspecified atom stereocenters. The first kappa shape index (κ1) is 97.3. The highest BCUT2D eigenvalue weighted by atomic mass is 16.7. The van der Waals surface area contributed by atoms with Gasteiger partial charge in [0, 0.05) is 63.6 Å². The van der Waals surface area contributed by atoms with Crippen molar-refractivity contribution in [1.82, 2.24) is 0 Å². The molecule has 0 aliphatic heterocycles. The Morgan fingerprint density at radius 1 is 0.267 bits per heavy atom. The van der Waals surface area contributed by atoms with Crippen LogP contribution in [0.5, 0.6) is 0 Å². The number of unbranched alkanes of at least 4 members (excludes halogenated alkanes) is 12. The maximum absolute atomic E-state index is 15.4. The smallest absolute Gasteiger partial charge is 0.352 e. The van der Waals surface area contributed by atoms with Crippen molar-refractivity contribution in [3.8, 4) is 0 Å². The average molecular weight is 1640 g/mol. The molecule has 6 fully saturated rings. The van der Waals surface area contributed by atoms with Gasteiger partial charge in [0.05, 0.1) is 98.6 Å². The Balaban J connectivity index is 1.17. The van der Waals surface area contributed by atoms with E-state index in [0.717, 1.165) is 114 Å². The van der Waals surface area contributed by atoms with Gasteiger partial charge in [-0.3, -0.25) is 28.8 Å². The van der Waals surface area contributed by atoms with Gasteiger partial charge in [-0.15, -0.1) is 0 Å². The van der Waals surface area contributed by atoms with Crippen LogP contribution in [-0.2, 0) is 133 Å². The predicted octanol–water partition coefficient (Wildman–Crippen LogP) is 13.4. The second-order valence-electron chi connectivity index (χ2n) is 32.1. The van der Waals surface area contributed by atoms with Gasteiger partial charge < -0.3 is 75.8 Å². The van der Waals surface area contributed by atoms with E-state index in [0.29, 0.717) is 168 Å². The van der Waals surface area contributed by atoms with Crippen molar-refractivity contribution in [2.75, 3.05) is 52.9 Å². The first-order valence-corrected chi connectivity index (χ1v) is 43.2. The van der Waals surface area contributed by atoms with Crippen LogP contribution in [0.4, 0.5) is 0 Å². The lowest BCUT2D eigenvalue weighted by Gasteiger charge is -2.37. The number of hydrogen-bond donors (Lipinski definition) is 0. The van der Waals surface area contributed by atoms with Crippen molar-refractivity contribution in [2.45, 2.75) is 345 Å². The fourth-order valence-electron chi connectivity index (χ4n) is 15.7. The van der Waals surface area contributed by atoms with Crippen LogP contribution < -0.4 is 0 Å². The molecule has 28 nitrogen and oxygen atoms in total. The van der Waals surface area contributed by atoms with Crippen molar-refractivity contribution in [2.24, 2.45) is 35.5 Å². The summed E-state index contributed by atoms with van der Waals surface area (Å²) < 4.78 is 93.7. The van der Waals surface area contributed by atoms with Crippen LogP contribution in [0.3, 0.4) is 0 Å². The van der Waals surface area contributed by atoms with Gasteiger partial charge in [-0.1, -0.05) is 52.0 Å². The molecule has 6 rings (SSSR count). The highest BCUT2D eigenvalue weighted by Gasteiger charge is 2.51. The summed E-state index contributed by atoms with van der Waals surface area (Å²) in [6, 6.07) is 0. The van der Waals surface area contributed by atoms with Gasteiger partial charge in [-0.05, 0) is 233 Å². The highest BCUT2D eigenvalue weighted by molar-refractivity contribution is 5.91. The first-order chi connectivity index (χ1) is 56.0. The van der Waals surface area contributed by atoms with E-state index in [2.05, 4.69) is 26.3 Å². The number of esters is 12.